The third-order valence-electron chi connectivity index (χ3n) is 4.49. The zero-order valence-corrected chi connectivity index (χ0v) is 14.3. The molecule has 1 nitrogen and oxygen atoms in total. The van der Waals surface area contributed by atoms with Crippen LogP contribution in [0.2, 0.25) is 0 Å². The summed E-state index contributed by atoms with van der Waals surface area (Å²) in [7, 11) is 2.10. The van der Waals surface area contributed by atoms with Gasteiger partial charge in [-0.15, -0.1) is 0 Å². The number of nitrogens with one attached hydrogen (secondary N) is 1. The summed E-state index contributed by atoms with van der Waals surface area (Å²) >= 11 is 2.18. The predicted molar refractivity (Wildman–Crippen MR) is 91.8 cm³/mol. The molecule has 1 atom stereocenters. The molecule has 0 bridgehead atoms. The van der Waals surface area contributed by atoms with E-state index in [0.717, 1.165) is 5.25 Å². The van der Waals surface area contributed by atoms with Crippen molar-refractivity contribution in [2.75, 3.05) is 12.8 Å². The lowest BCUT2D eigenvalue weighted by Gasteiger charge is -2.26. The van der Waals surface area contributed by atoms with Crippen molar-refractivity contribution in [2.45, 2.75) is 64.2 Å². The van der Waals surface area contributed by atoms with E-state index in [4.69, 9.17) is 0 Å². The number of hydrogen-bond acceptors (Lipinski definition) is 2. The Morgan fingerprint density at radius 2 is 1.70 bits per heavy atom. The van der Waals surface area contributed by atoms with Crippen molar-refractivity contribution in [3.05, 3.63) is 34.4 Å². The molecule has 20 heavy (non-hydrogen) atoms. The van der Waals surface area contributed by atoms with Gasteiger partial charge in [0, 0.05) is 17.0 Å². The van der Waals surface area contributed by atoms with Crippen molar-refractivity contribution < 1.29 is 0 Å². The normalized spacial score (nSPS) is 18.2. The van der Waals surface area contributed by atoms with Gasteiger partial charge < -0.3 is 5.32 Å². The fourth-order valence-electron chi connectivity index (χ4n) is 3.52. The van der Waals surface area contributed by atoms with Gasteiger partial charge >= 0.3 is 0 Å². The van der Waals surface area contributed by atoms with Gasteiger partial charge in [-0.2, -0.15) is 11.8 Å². The highest BCUT2D eigenvalue weighted by atomic mass is 32.2. The summed E-state index contributed by atoms with van der Waals surface area (Å²) in [4.78, 5) is 0. The Bertz CT molecular complexity index is 412. The molecule has 0 radical (unpaired) electrons. The summed E-state index contributed by atoms with van der Waals surface area (Å²) in [5, 5.41) is 4.43. The lowest BCUT2D eigenvalue weighted by Crippen LogP contribution is -2.22. The van der Waals surface area contributed by atoms with Crippen LogP contribution in [0.4, 0.5) is 0 Å². The average molecular weight is 292 g/mol. The van der Waals surface area contributed by atoms with Gasteiger partial charge in [-0.1, -0.05) is 37.0 Å². The fraction of sp³-hybridized carbons (Fsp3) is 0.667. The number of benzene rings is 1. The van der Waals surface area contributed by atoms with Crippen molar-refractivity contribution in [1.29, 1.82) is 0 Å². The van der Waals surface area contributed by atoms with Crippen molar-refractivity contribution in [3.63, 3.8) is 0 Å². The van der Waals surface area contributed by atoms with Crippen LogP contribution in [0, 0.1) is 20.8 Å². The molecule has 112 valence electrons. The summed E-state index contributed by atoms with van der Waals surface area (Å²) in [6, 6.07) is 5.12. The van der Waals surface area contributed by atoms with E-state index >= 15 is 0 Å². The highest BCUT2D eigenvalue weighted by Crippen LogP contribution is 2.32. The molecule has 0 saturated heterocycles. The lowest BCUT2D eigenvalue weighted by molar-refractivity contribution is 0.514. The van der Waals surface area contributed by atoms with Crippen LogP contribution in [-0.2, 0) is 0 Å². The number of thioether (sulfide) groups is 1. The highest BCUT2D eigenvalue weighted by molar-refractivity contribution is 7.99. The molecule has 1 aliphatic carbocycles. The van der Waals surface area contributed by atoms with Crippen molar-refractivity contribution >= 4 is 11.8 Å². The Morgan fingerprint density at radius 3 is 2.25 bits per heavy atom. The average Bonchev–Trinajstić information content (AvgIpc) is 2.42. The van der Waals surface area contributed by atoms with Crippen LogP contribution in [0.5, 0.6) is 0 Å². The van der Waals surface area contributed by atoms with Gasteiger partial charge in [0.2, 0.25) is 0 Å². The topological polar surface area (TPSA) is 12.0 Å². The number of rotatable bonds is 5. The molecule has 1 aromatic rings. The maximum absolute atomic E-state index is 3.54. The van der Waals surface area contributed by atoms with Gasteiger partial charge in [-0.05, 0) is 57.4 Å². The molecule has 2 heteroatoms. The molecule has 1 aromatic carbocycles. The summed E-state index contributed by atoms with van der Waals surface area (Å²) in [6.07, 6.45) is 7.16. The molecule has 0 spiro atoms. The SMILES string of the molecule is CNC(CSC1CCCCC1)c1c(C)cc(C)cc1C. The van der Waals surface area contributed by atoms with Gasteiger partial charge in [-0.3, -0.25) is 0 Å². The molecule has 1 N–H and O–H groups in total. The first-order valence-electron chi connectivity index (χ1n) is 7.98. The van der Waals surface area contributed by atoms with E-state index in [1.807, 2.05) is 0 Å². The Balaban J connectivity index is 2.04. The molecule has 1 fully saturated rings. The molecule has 1 aliphatic rings. The minimum atomic E-state index is 0.488. The van der Waals surface area contributed by atoms with E-state index < -0.39 is 0 Å². The second kappa shape index (κ2) is 7.51. The number of hydrogen-bond donors (Lipinski definition) is 1. The van der Waals surface area contributed by atoms with E-state index in [1.165, 1.54) is 60.1 Å². The molecular formula is C18H29NS. The zero-order valence-electron chi connectivity index (χ0n) is 13.5. The van der Waals surface area contributed by atoms with E-state index in [1.54, 1.807) is 0 Å². The van der Waals surface area contributed by atoms with Crippen molar-refractivity contribution in [2.24, 2.45) is 0 Å². The van der Waals surface area contributed by atoms with Crippen LogP contribution in [-0.4, -0.2) is 18.1 Å². The quantitative estimate of drug-likeness (QED) is 0.825. The first-order chi connectivity index (χ1) is 9.61. The van der Waals surface area contributed by atoms with Gasteiger partial charge in [0.25, 0.3) is 0 Å². The third kappa shape index (κ3) is 4.02. The molecule has 0 amide bonds. The van der Waals surface area contributed by atoms with Crippen LogP contribution in [0.25, 0.3) is 0 Å². The molecule has 2 rings (SSSR count). The lowest BCUT2D eigenvalue weighted by atomic mass is 9.95. The first kappa shape index (κ1) is 15.9. The molecule has 1 unspecified atom stereocenters. The fourth-order valence-corrected chi connectivity index (χ4v) is 4.98. The molecule has 1 saturated carbocycles. The minimum absolute atomic E-state index is 0.488. The summed E-state index contributed by atoms with van der Waals surface area (Å²) in [5.74, 6) is 1.20. The Hall–Kier alpha value is -0.470. The van der Waals surface area contributed by atoms with Gasteiger partial charge in [0.05, 0.1) is 0 Å². The third-order valence-corrected chi connectivity index (χ3v) is 5.95. The van der Waals surface area contributed by atoms with Gasteiger partial charge in [-0.25, -0.2) is 0 Å². The Labute approximate surface area is 128 Å². The van der Waals surface area contributed by atoms with Crippen LogP contribution < -0.4 is 5.32 Å². The summed E-state index contributed by atoms with van der Waals surface area (Å²) in [5.41, 5.74) is 5.76. The number of aryl methyl sites for hydroxylation is 3. The second-order valence-electron chi connectivity index (χ2n) is 6.25. The molecular weight excluding hydrogens is 262 g/mol. The summed E-state index contributed by atoms with van der Waals surface area (Å²) in [6.45, 7) is 6.70. The minimum Gasteiger partial charge on any atom is -0.312 e. The van der Waals surface area contributed by atoms with E-state index in [9.17, 15) is 0 Å². The van der Waals surface area contributed by atoms with E-state index in [-0.39, 0.29) is 0 Å². The van der Waals surface area contributed by atoms with Gasteiger partial charge in [0.1, 0.15) is 0 Å². The van der Waals surface area contributed by atoms with E-state index in [2.05, 4.69) is 57.0 Å². The molecule has 0 heterocycles. The highest BCUT2D eigenvalue weighted by Gasteiger charge is 2.19. The Kier molecular flexibility index (Phi) is 5.98. The standard InChI is InChI=1S/C18H29NS/c1-13-10-14(2)18(15(3)11-13)17(19-4)12-20-16-8-6-5-7-9-16/h10-11,16-17,19H,5-9,12H2,1-4H3. The van der Waals surface area contributed by atoms with Crippen molar-refractivity contribution in [1.82, 2.24) is 5.32 Å². The largest absolute Gasteiger partial charge is 0.312 e. The molecule has 0 aromatic heterocycles. The summed E-state index contributed by atoms with van der Waals surface area (Å²) < 4.78 is 0. The zero-order chi connectivity index (χ0) is 14.5. The maximum atomic E-state index is 3.54. The van der Waals surface area contributed by atoms with E-state index in [0.29, 0.717) is 6.04 Å². The smallest absolute Gasteiger partial charge is 0.0414 e. The predicted octanol–water partition coefficient (Wildman–Crippen LogP) is 4.94. The van der Waals surface area contributed by atoms with Crippen LogP contribution in [0.15, 0.2) is 12.1 Å². The maximum Gasteiger partial charge on any atom is 0.0414 e. The Morgan fingerprint density at radius 1 is 1.10 bits per heavy atom. The molecule has 0 aliphatic heterocycles. The van der Waals surface area contributed by atoms with Gasteiger partial charge in [0.15, 0.2) is 0 Å². The second-order valence-corrected chi connectivity index (χ2v) is 7.58. The van der Waals surface area contributed by atoms with Crippen molar-refractivity contribution in [3.8, 4) is 0 Å². The van der Waals surface area contributed by atoms with Crippen LogP contribution in [0.3, 0.4) is 0 Å². The van der Waals surface area contributed by atoms with Crippen LogP contribution in [0.1, 0.15) is 60.4 Å². The first-order valence-corrected chi connectivity index (χ1v) is 9.03. The monoisotopic (exact) mass is 291 g/mol. The van der Waals surface area contributed by atoms with Crippen LogP contribution >= 0.6 is 11.8 Å².